The van der Waals surface area contributed by atoms with Crippen molar-refractivity contribution in [2.45, 2.75) is 19.4 Å². The molecule has 6 heteroatoms. The number of rotatable bonds is 2. The Bertz CT molecular complexity index is 486. The molecule has 0 aliphatic carbocycles. The number of pyridine rings is 1. The largest absolute Gasteiger partial charge is 0.409 e. The molecule has 6 nitrogen and oxygen atoms in total. The van der Waals surface area contributed by atoms with Crippen LogP contribution in [0.25, 0.3) is 0 Å². The SMILES string of the molecule is CN1CCN(c2ccnc(C(N)=NO)c2)CC1(C)C. The van der Waals surface area contributed by atoms with Crippen LogP contribution in [0.15, 0.2) is 23.5 Å². The van der Waals surface area contributed by atoms with Crippen molar-refractivity contribution >= 4 is 11.5 Å². The van der Waals surface area contributed by atoms with Gasteiger partial charge in [0.1, 0.15) is 5.69 Å². The average molecular weight is 263 g/mol. The number of nitrogens with zero attached hydrogens (tertiary/aromatic N) is 4. The lowest BCUT2D eigenvalue weighted by atomic mass is 9.99. The summed E-state index contributed by atoms with van der Waals surface area (Å²) in [5.41, 5.74) is 7.25. The minimum Gasteiger partial charge on any atom is -0.409 e. The Morgan fingerprint density at radius 1 is 1.47 bits per heavy atom. The van der Waals surface area contributed by atoms with E-state index in [1.807, 2.05) is 12.1 Å². The van der Waals surface area contributed by atoms with E-state index in [9.17, 15) is 0 Å². The smallest absolute Gasteiger partial charge is 0.188 e. The summed E-state index contributed by atoms with van der Waals surface area (Å²) in [6, 6.07) is 3.81. The maximum absolute atomic E-state index is 8.71. The first-order chi connectivity index (χ1) is 8.94. The second kappa shape index (κ2) is 5.05. The van der Waals surface area contributed by atoms with Gasteiger partial charge in [-0.05, 0) is 33.0 Å². The number of likely N-dealkylation sites (N-methyl/N-ethyl adjacent to an activating group) is 1. The Morgan fingerprint density at radius 2 is 2.21 bits per heavy atom. The van der Waals surface area contributed by atoms with Gasteiger partial charge in [0, 0.05) is 37.1 Å². The fourth-order valence-electron chi connectivity index (χ4n) is 2.27. The highest BCUT2D eigenvalue weighted by molar-refractivity contribution is 5.95. The topological polar surface area (TPSA) is 78.0 Å². The van der Waals surface area contributed by atoms with E-state index >= 15 is 0 Å². The maximum Gasteiger partial charge on any atom is 0.188 e. The summed E-state index contributed by atoms with van der Waals surface area (Å²) in [5, 5.41) is 11.7. The fraction of sp³-hybridized carbons (Fsp3) is 0.538. The van der Waals surface area contributed by atoms with Crippen LogP contribution in [0.1, 0.15) is 19.5 Å². The summed E-state index contributed by atoms with van der Waals surface area (Å²) < 4.78 is 0. The number of anilines is 1. The van der Waals surface area contributed by atoms with E-state index in [4.69, 9.17) is 10.9 Å². The van der Waals surface area contributed by atoms with Crippen LogP contribution in [-0.2, 0) is 0 Å². The molecular weight excluding hydrogens is 242 g/mol. The Hall–Kier alpha value is -1.82. The van der Waals surface area contributed by atoms with Crippen molar-refractivity contribution in [2.24, 2.45) is 10.9 Å². The third kappa shape index (κ3) is 2.78. The lowest BCUT2D eigenvalue weighted by Gasteiger charge is -2.46. The summed E-state index contributed by atoms with van der Waals surface area (Å²) in [7, 11) is 2.14. The Balaban J connectivity index is 2.23. The molecule has 0 bridgehead atoms. The molecule has 19 heavy (non-hydrogen) atoms. The van der Waals surface area contributed by atoms with Gasteiger partial charge < -0.3 is 15.8 Å². The molecule has 0 radical (unpaired) electrons. The van der Waals surface area contributed by atoms with E-state index in [2.05, 4.69) is 40.8 Å². The highest BCUT2D eigenvalue weighted by atomic mass is 16.4. The maximum atomic E-state index is 8.71. The second-order valence-corrected chi connectivity index (χ2v) is 5.54. The van der Waals surface area contributed by atoms with Crippen molar-refractivity contribution in [1.29, 1.82) is 0 Å². The standard InChI is InChI=1S/C13H21N5O/c1-13(2)9-18(7-6-17(13)3)10-4-5-15-11(8-10)12(14)16-19/h4-5,8,19H,6-7,9H2,1-3H3,(H2,14,16). The van der Waals surface area contributed by atoms with Gasteiger partial charge in [-0.15, -0.1) is 0 Å². The number of piperazine rings is 1. The van der Waals surface area contributed by atoms with Crippen LogP contribution in [0.2, 0.25) is 0 Å². The summed E-state index contributed by atoms with van der Waals surface area (Å²) in [6.07, 6.45) is 1.69. The Kier molecular flexibility index (Phi) is 3.61. The Morgan fingerprint density at radius 3 is 2.84 bits per heavy atom. The first kappa shape index (κ1) is 13.6. The monoisotopic (exact) mass is 263 g/mol. The van der Waals surface area contributed by atoms with E-state index in [0.717, 1.165) is 25.3 Å². The molecule has 0 aromatic carbocycles. The zero-order valence-corrected chi connectivity index (χ0v) is 11.7. The van der Waals surface area contributed by atoms with Crippen LogP contribution in [0, 0.1) is 0 Å². The van der Waals surface area contributed by atoms with E-state index < -0.39 is 0 Å². The number of hydrogen-bond acceptors (Lipinski definition) is 5. The molecule has 0 saturated carbocycles. The number of oxime groups is 1. The highest BCUT2D eigenvalue weighted by Gasteiger charge is 2.31. The van der Waals surface area contributed by atoms with Gasteiger partial charge in [-0.3, -0.25) is 9.88 Å². The molecule has 1 aromatic heterocycles. The molecule has 1 aromatic rings. The number of nitrogens with two attached hydrogens (primary N) is 1. The summed E-state index contributed by atoms with van der Waals surface area (Å²) in [4.78, 5) is 8.76. The Labute approximate surface area is 113 Å². The van der Waals surface area contributed by atoms with Crippen LogP contribution >= 0.6 is 0 Å². The van der Waals surface area contributed by atoms with Crippen molar-refractivity contribution in [3.05, 3.63) is 24.0 Å². The second-order valence-electron chi connectivity index (χ2n) is 5.54. The lowest BCUT2D eigenvalue weighted by molar-refractivity contribution is 0.139. The first-order valence-corrected chi connectivity index (χ1v) is 6.34. The number of hydrogen-bond donors (Lipinski definition) is 2. The summed E-state index contributed by atoms with van der Waals surface area (Å²) in [6.45, 7) is 7.35. The summed E-state index contributed by atoms with van der Waals surface area (Å²) >= 11 is 0. The van der Waals surface area contributed by atoms with Gasteiger partial charge in [-0.25, -0.2) is 0 Å². The molecule has 2 heterocycles. The quantitative estimate of drug-likeness (QED) is 0.355. The van der Waals surface area contributed by atoms with Crippen molar-refractivity contribution < 1.29 is 5.21 Å². The van der Waals surface area contributed by atoms with Gasteiger partial charge in [0.05, 0.1) is 0 Å². The van der Waals surface area contributed by atoms with Crippen molar-refractivity contribution in [3.63, 3.8) is 0 Å². The molecule has 0 amide bonds. The van der Waals surface area contributed by atoms with Crippen LogP contribution in [0.3, 0.4) is 0 Å². The normalized spacial score (nSPS) is 20.6. The molecule has 1 aliphatic heterocycles. The van der Waals surface area contributed by atoms with E-state index in [-0.39, 0.29) is 11.4 Å². The van der Waals surface area contributed by atoms with Crippen LogP contribution < -0.4 is 10.6 Å². The first-order valence-electron chi connectivity index (χ1n) is 6.34. The lowest BCUT2D eigenvalue weighted by Crippen LogP contribution is -2.57. The van der Waals surface area contributed by atoms with E-state index in [1.165, 1.54) is 0 Å². The summed E-state index contributed by atoms with van der Waals surface area (Å²) in [5.74, 6) is 0.0373. The van der Waals surface area contributed by atoms with Crippen LogP contribution in [-0.4, -0.2) is 53.1 Å². The molecule has 0 unspecified atom stereocenters. The predicted octanol–water partition coefficient (Wildman–Crippen LogP) is 0.706. The molecule has 3 N–H and O–H groups in total. The van der Waals surface area contributed by atoms with Crippen molar-refractivity contribution in [2.75, 3.05) is 31.6 Å². The van der Waals surface area contributed by atoms with Gasteiger partial charge >= 0.3 is 0 Å². The molecule has 1 saturated heterocycles. The zero-order chi connectivity index (χ0) is 14.0. The van der Waals surface area contributed by atoms with Gasteiger partial charge in [0.15, 0.2) is 5.84 Å². The highest BCUT2D eigenvalue weighted by Crippen LogP contribution is 2.24. The molecule has 0 spiro atoms. The number of amidine groups is 1. The minimum absolute atomic E-state index is 0.0373. The fourth-order valence-corrected chi connectivity index (χ4v) is 2.27. The van der Waals surface area contributed by atoms with Gasteiger partial charge in [0.25, 0.3) is 0 Å². The van der Waals surface area contributed by atoms with Crippen molar-refractivity contribution in [3.8, 4) is 0 Å². The van der Waals surface area contributed by atoms with Gasteiger partial charge in [0.2, 0.25) is 0 Å². The van der Waals surface area contributed by atoms with E-state index in [1.54, 1.807) is 6.20 Å². The minimum atomic E-state index is 0.0373. The van der Waals surface area contributed by atoms with Crippen LogP contribution in [0.4, 0.5) is 5.69 Å². The molecule has 0 atom stereocenters. The average Bonchev–Trinajstić information content (AvgIpc) is 2.41. The number of aromatic nitrogens is 1. The van der Waals surface area contributed by atoms with Gasteiger partial charge in [-0.2, -0.15) is 0 Å². The molecular formula is C13H21N5O. The molecule has 1 aliphatic rings. The van der Waals surface area contributed by atoms with Gasteiger partial charge in [-0.1, -0.05) is 5.16 Å². The van der Waals surface area contributed by atoms with Crippen molar-refractivity contribution in [1.82, 2.24) is 9.88 Å². The van der Waals surface area contributed by atoms with Crippen LogP contribution in [0.5, 0.6) is 0 Å². The third-order valence-electron chi connectivity index (χ3n) is 3.80. The molecule has 1 fully saturated rings. The zero-order valence-electron chi connectivity index (χ0n) is 11.7. The third-order valence-corrected chi connectivity index (χ3v) is 3.80. The molecule has 2 rings (SSSR count). The predicted molar refractivity (Wildman–Crippen MR) is 75.7 cm³/mol. The van der Waals surface area contributed by atoms with E-state index in [0.29, 0.717) is 5.69 Å². The molecule has 104 valence electrons.